The second kappa shape index (κ2) is 37.7. The maximum Gasteiger partial charge on any atom is 0.522 e. The molecule has 3 aromatic carbocycles. The minimum atomic E-state index is -5.84. The summed E-state index contributed by atoms with van der Waals surface area (Å²) in [5.41, 5.74) is -9.82. The zero-order valence-electron chi connectivity index (χ0n) is 67.8. The molecule has 0 amide bonds. The Labute approximate surface area is 722 Å². The van der Waals surface area contributed by atoms with Gasteiger partial charge in [0.15, 0.2) is 12.4 Å². The summed E-state index contributed by atoms with van der Waals surface area (Å²) in [6.45, 7) is 16.9. The predicted molar refractivity (Wildman–Crippen MR) is 421 cm³/mol. The van der Waals surface area contributed by atoms with Crippen LogP contribution in [0.5, 0.6) is 0 Å². The van der Waals surface area contributed by atoms with Crippen LogP contribution < -0.4 is 0 Å². The summed E-state index contributed by atoms with van der Waals surface area (Å²) in [6, 6.07) is 25.8. The summed E-state index contributed by atoms with van der Waals surface area (Å²) >= 11 is 17.1. The molecule has 8 saturated carbocycles. The number of aliphatic hydroxyl groups excluding tert-OH is 1. The quantitative estimate of drug-likeness (QED) is 0.00992. The van der Waals surface area contributed by atoms with Crippen LogP contribution in [-0.4, -0.2) is 173 Å². The number of esters is 5. The molecule has 3 aromatic rings. The van der Waals surface area contributed by atoms with Gasteiger partial charge < -0.3 is 58.0 Å². The summed E-state index contributed by atoms with van der Waals surface area (Å²) in [5.74, 6) is 0.263. The van der Waals surface area contributed by atoms with Gasteiger partial charge >= 0.3 is 61.1 Å². The number of carbonyl (C=O) groups is 5. The van der Waals surface area contributed by atoms with Crippen molar-refractivity contribution in [3.63, 3.8) is 0 Å². The van der Waals surface area contributed by atoms with E-state index in [4.69, 9.17) is 109 Å². The average Bonchev–Trinajstić information content (AvgIpc) is 1.48. The Bertz CT molecular complexity index is 4420. The normalized spacial score (nSPS) is 37.4. The molecule has 6 N–H and O–H groups in total. The summed E-state index contributed by atoms with van der Waals surface area (Å²) in [6.07, 6.45) is 17.0. The van der Waals surface area contributed by atoms with Gasteiger partial charge in [-0.2, -0.15) is 43.2 Å². The minimum absolute atomic E-state index is 0. The third-order valence-corrected chi connectivity index (χ3v) is 30.6. The van der Waals surface area contributed by atoms with E-state index in [1.54, 1.807) is 79.7 Å². The van der Waals surface area contributed by atoms with Crippen LogP contribution >= 0.6 is 34.8 Å². The van der Waals surface area contributed by atoms with Crippen molar-refractivity contribution in [2.45, 2.75) is 233 Å². The number of alkyl halides is 9. The van der Waals surface area contributed by atoms with Crippen LogP contribution in [0.1, 0.15) is 195 Å². The van der Waals surface area contributed by atoms with Crippen molar-refractivity contribution in [2.24, 2.45) is 86.8 Å². The van der Waals surface area contributed by atoms with E-state index in [2.05, 4.69) is 41.5 Å². The number of hydrogen-bond acceptors (Lipinski definition) is 22. The summed E-state index contributed by atoms with van der Waals surface area (Å²) in [5, 5.41) is 42.7. The molecule has 662 valence electrons. The molecule has 24 atom stereocenters. The number of rotatable bonds is 11. The van der Waals surface area contributed by atoms with Crippen molar-refractivity contribution in [1.29, 1.82) is 5.41 Å². The molecule has 4 aliphatic heterocycles. The standard InChI is InChI=1S/C37H50O7.C23H34O4.C22H20Cl3NO6.2CHF3O3S.Zn/c1-22-21-42-34(31(23(22)2)44-32(38)24-8-6-5-7-9-24)43-26-12-16-35(3)25(20-26)10-11-30-29(35)13-17-36(4)28(14-18-37(30,36)40)27-15-19-41-33(27)39;1-21-9-5-15(24)13-14(21)3-4-19-18(21)6-10-22(2)17(7-11-23(19,22)26)16-8-12-27-20(16)25;1-13-12-29-20(32-21(26)22(23,24)25)17(31-19(28)15-10-6-3-7-11-15)16(13)30-18(27)14-8-4-2-5-9-14;2*2-1(3,4)8(5,6)7;/h5-9,15,22-23,25-26,28-31,34,40H,10-14,16-21H2,1-4H3;8,14-15,17-19,24,26H,3-7,9-13H2,1-2H3;2-11,13,16-17,20,26H,12H2,1H3;2*(H,5,6,7);/t22-,23+,25+,26-,28+,29?,30?,31-,34?,35-,36+,37-;14-,15+,17-,18?,19?,21+,22-,23+;13-,16+,17-,20?;;;/m010.../s1. The van der Waals surface area contributed by atoms with E-state index in [0.29, 0.717) is 60.5 Å². The molecular weight excluding hydrogens is 1740 g/mol. The first-order valence-corrected chi connectivity index (χ1v) is 44.5. The molecule has 0 radical (unpaired) electrons. The fourth-order valence-electron chi connectivity index (χ4n) is 22.2. The average molecular weight is 1850 g/mol. The van der Waals surface area contributed by atoms with E-state index in [1.807, 2.05) is 30.4 Å². The zero-order chi connectivity index (χ0) is 87.2. The molecule has 2 saturated heterocycles. The van der Waals surface area contributed by atoms with Crippen LogP contribution in [0.15, 0.2) is 114 Å². The summed E-state index contributed by atoms with van der Waals surface area (Å²) < 4.78 is 165. The Hall–Kier alpha value is -5.39. The zero-order valence-corrected chi connectivity index (χ0v) is 74.6. The van der Waals surface area contributed by atoms with Gasteiger partial charge in [0.25, 0.3) is 3.79 Å². The van der Waals surface area contributed by atoms with E-state index in [9.17, 15) is 65.6 Å². The van der Waals surface area contributed by atoms with Crippen molar-refractivity contribution in [2.75, 3.05) is 26.4 Å². The molecule has 24 nitrogen and oxygen atoms in total. The number of benzene rings is 3. The molecule has 0 spiro atoms. The number of carbonyl (C=O) groups excluding carboxylic acids is 5. The Balaban J connectivity index is 0.000000176. The first kappa shape index (κ1) is 96.8. The fourth-order valence-corrected chi connectivity index (χ4v) is 22.3. The SMILES string of the molecule is C[C@H]1COC(OC(=N)C(Cl)(Cl)Cl)[C@@H](OC(=O)c2ccccc2)[C@@H]1OC(=O)c1ccccc1.C[C@H]1[C@H](OC(=O)c2ccccc2)C(O[C@H]2CC[C@]3(C)C4CC[C@]5(C)[C@@H](C6=CCOC6=O)CC[C@]5(O)C4CC[C@@H]3C2)OC[C@@H]1C.C[C@]12CC[C@H](O)C[C@H]1CCC1C2CC[C@]2(C)[C@@H](C3=CCOC3=O)CC[C@]12O.O=S(=O)(O)C(F)(F)F.O=S(=O)(O)C(F)(F)F.[Zn]. The Morgan fingerprint density at radius 2 is 0.883 bits per heavy atom. The van der Waals surface area contributed by atoms with E-state index in [0.717, 1.165) is 127 Å². The van der Waals surface area contributed by atoms with Crippen molar-refractivity contribution >= 4 is 90.8 Å². The molecule has 10 fully saturated rings. The Morgan fingerprint density at radius 1 is 0.500 bits per heavy atom. The second-order valence-electron chi connectivity index (χ2n) is 35.1. The number of hydrogen-bond donors (Lipinski definition) is 6. The van der Waals surface area contributed by atoms with Crippen molar-refractivity contribution in [3.8, 4) is 0 Å². The van der Waals surface area contributed by atoms with Crippen molar-refractivity contribution in [3.05, 3.63) is 131 Å². The van der Waals surface area contributed by atoms with E-state index in [-0.39, 0.29) is 119 Å². The maximum absolute atomic E-state index is 13.0. The summed E-state index contributed by atoms with van der Waals surface area (Å²) in [4.78, 5) is 63.2. The molecule has 4 heterocycles. The molecule has 120 heavy (non-hydrogen) atoms. The van der Waals surface area contributed by atoms with E-state index < -0.39 is 95.0 Å². The van der Waals surface area contributed by atoms with Crippen LogP contribution in [0.2, 0.25) is 0 Å². The molecule has 36 heteroatoms. The molecule has 15 rings (SSSR count). The van der Waals surface area contributed by atoms with Crippen LogP contribution in [-0.2, 0) is 91.9 Å². The van der Waals surface area contributed by atoms with Gasteiger partial charge in [-0.3, -0.25) is 14.5 Å². The van der Waals surface area contributed by atoms with Gasteiger partial charge in [-0.15, -0.1) is 0 Å². The van der Waals surface area contributed by atoms with Gasteiger partial charge in [0, 0.05) is 53.3 Å². The molecule has 8 aliphatic carbocycles. The first-order chi connectivity index (χ1) is 55.5. The third kappa shape index (κ3) is 20.0. The maximum atomic E-state index is 13.0. The van der Waals surface area contributed by atoms with Gasteiger partial charge in [-0.1, -0.05) is 138 Å². The van der Waals surface area contributed by atoms with Crippen molar-refractivity contribution in [1.82, 2.24) is 0 Å². The summed E-state index contributed by atoms with van der Waals surface area (Å²) in [7, 11) is -11.7. The molecule has 0 aromatic heterocycles. The minimum Gasteiger partial charge on any atom is -0.458 e. The third-order valence-electron chi connectivity index (χ3n) is 28.9. The number of nitrogens with one attached hydrogen (secondary N) is 1. The van der Waals surface area contributed by atoms with E-state index in [1.165, 1.54) is 0 Å². The van der Waals surface area contributed by atoms with Crippen molar-refractivity contribution < 1.29 is 154 Å². The Kier molecular flexibility index (Phi) is 30.4. The number of halogens is 9. The largest absolute Gasteiger partial charge is 0.522 e. The first-order valence-electron chi connectivity index (χ1n) is 40.4. The second-order valence-corrected chi connectivity index (χ2v) is 40.2. The van der Waals surface area contributed by atoms with Crippen LogP contribution in [0, 0.1) is 92.2 Å². The molecule has 0 bridgehead atoms. The smallest absolute Gasteiger partial charge is 0.458 e. The van der Waals surface area contributed by atoms with Gasteiger partial charge in [-0.25, -0.2) is 24.0 Å². The fraction of sp³-hybridized carbons (Fsp3) is 0.667. The predicted octanol–water partition coefficient (Wildman–Crippen LogP) is 15.7. The topological polar surface area (TPSA) is 362 Å². The van der Waals surface area contributed by atoms with Gasteiger partial charge in [0.1, 0.15) is 19.3 Å². The van der Waals surface area contributed by atoms with Crippen LogP contribution in [0.25, 0.3) is 0 Å². The molecule has 12 aliphatic rings. The van der Waals surface area contributed by atoms with Crippen LogP contribution in [0.3, 0.4) is 0 Å². The Morgan fingerprint density at radius 3 is 1.28 bits per heavy atom. The number of cyclic esters (lactones) is 2. The van der Waals surface area contributed by atoms with Gasteiger partial charge in [0.2, 0.25) is 18.3 Å². The molecule has 6 unspecified atom stereocenters. The molecular formula is C84H106Cl3F6NO23S2Zn. The number of aliphatic hydroxyl groups is 3. The van der Waals surface area contributed by atoms with Crippen LogP contribution in [0.4, 0.5) is 26.3 Å². The number of ether oxygens (including phenoxy) is 9. The number of fused-ring (bicyclic) bond motifs is 10. The van der Waals surface area contributed by atoms with E-state index >= 15 is 0 Å². The monoisotopic (exact) mass is 1840 g/mol. The van der Waals surface area contributed by atoms with Gasteiger partial charge in [-0.05, 0) is 228 Å². The van der Waals surface area contributed by atoms with Gasteiger partial charge in [0.05, 0.1) is 53.3 Å².